The average molecular weight is 274 g/mol. The van der Waals surface area contributed by atoms with E-state index in [4.69, 9.17) is 23.2 Å². The summed E-state index contributed by atoms with van der Waals surface area (Å²) in [6, 6.07) is 6.20. The van der Waals surface area contributed by atoms with Crippen molar-refractivity contribution in [1.29, 1.82) is 0 Å². The maximum Gasteiger partial charge on any atom is 0.0453 e. The Bertz CT molecular complexity index is 339. The Balaban J connectivity index is 2.39. The third-order valence-corrected chi connectivity index (χ3v) is 3.62. The molecule has 1 unspecified atom stereocenters. The number of alkyl halides is 1. The zero-order chi connectivity index (χ0) is 12.7. The van der Waals surface area contributed by atoms with E-state index in [0.29, 0.717) is 5.92 Å². The normalized spacial score (nSPS) is 12.7. The zero-order valence-electron chi connectivity index (χ0n) is 10.6. The quantitative estimate of drug-likeness (QED) is 0.727. The van der Waals surface area contributed by atoms with Crippen LogP contribution in [0.4, 0.5) is 0 Å². The minimum absolute atomic E-state index is 0.664. The molecule has 1 atom stereocenters. The van der Waals surface area contributed by atoms with E-state index in [2.05, 4.69) is 31.3 Å². The molecule has 96 valence electrons. The van der Waals surface area contributed by atoms with E-state index in [-0.39, 0.29) is 0 Å². The highest BCUT2D eigenvalue weighted by Crippen LogP contribution is 2.17. The minimum Gasteiger partial charge on any atom is -0.312 e. The van der Waals surface area contributed by atoms with Crippen LogP contribution >= 0.6 is 23.2 Å². The maximum absolute atomic E-state index is 6.18. The first-order valence-corrected chi connectivity index (χ1v) is 7.10. The molecule has 1 nitrogen and oxygen atoms in total. The summed E-state index contributed by atoms with van der Waals surface area (Å²) in [5, 5.41) is 4.30. The van der Waals surface area contributed by atoms with E-state index < -0.39 is 0 Å². The highest BCUT2D eigenvalue weighted by molar-refractivity contribution is 6.31. The van der Waals surface area contributed by atoms with Gasteiger partial charge in [0.15, 0.2) is 0 Å². The molecule has 0 aromatic heterocycles. The summed E-state index contributed by atoms with van der Waals surface area (Å²) in [6.45, 7) is 6.10. The van der Waals surface area contributed by atoms with E-state index >= 15 is 0 Å². The van der Waals surface area contributed by atoms with Gasteiger partial charge in [-0.25, -0.2) is 0 Å². The van der Waals surface area contributed by atoms with Gasteiger partial charge in [-0.2, -0.15) is 0 Å². The van der Waals surface area contributed by atoms with E-state index in [1.54, 1.807) is 0 Å². The molecule has 0 spiro atoms. The summed E-state index contributed by atoms with van der Waals surface area (Å²) in [4.78, 5) is 0. The van der Waals surface area contributed by atoms with Crippen LogP contribution in [0.1, 0.15) is 30.9 Å². The number of aryl methyl sites for hydroxylation is 1. The molecule has 17 heavy (non-hydrogen) atoms. The molecule has 0 aliphatic carbocycles. The fourth-order valence-corrected chi connectivity index (χ4v) is 2.42. The van der Waals surface area contributed by atoms with Crippen molar-refractivity contribution in [1.82, 2.24) is 5.32 Å². The molecule has 0 aliphatic heterocycles. The highest BCUT2D eigenvalue weighted by atomic mass is 35.5. The van der Waals surface area contributed by atoms with Crippen molar-refractivity contribution in [2.24, 2.45) is 5.92 Å². The lowest BCUT2D eigenvalue weighted by Gasteiger charge is -2.14. The lowest BCUT2D eigenvalue weighted by Crippen LogP contribution is -2.22. The molecule has 0 radical (unpaired) electrons. The third kappa shape index (κ3) is 5.29. The van der Waals surface area contributed by atoms with Crippen molar-refractivity contribution in [3.63, 3.8) is 0 Å². The Morgan fingerprint density at radius 1 is 1.35 bits per heavy atom. The van der Waals surface area contributed by atoms with Crippen LogP contribution in [0.15, 0.2) is 18.2 Å². The van der Waals surface area contributed by atoms with Crippen LogP contribution < -0.4 is 5.32 Å². The average Bonchev–Trinajstić information content (AvgIpc) is 2.30. The number of halogens is 2. The lowest BCUT2D eigenvalue weighted by atomic mass is 10.0. The summed E-state index contributed by atoms with van der Waals surface area (Å²) in [5.41, 5.74) is 2.37. The van der Waals surface area contributed by atoms with Crippen molar-refractivity contribution in [2.45, 2.75) is 33.2 Å². The molecule has 1 rings (SSSR count). The van der Waals surface area contributed by atoms with Crippen LogP contribution in [0, 0.1) is 12.8 Å². The Morgan fingerprint density at radius 2 is 2.12 bits per heavy atom. The van der Waals surface area contributed by atoms with Crippen LogP contribution in [0.2, 0.25) is 5.02 Å². The topological polar surface area (TPSA) is 12.0 Å². The van der Waals surface area contributed by atoms with Gasteiger partial charge in [-0.1, -0.05) is 37.1 Å². The molecule has 0 bridgehead atoms. The molecular formula is C14H21Cl2N. The molecule has 0 aliphatic rings. The van der Waals surface area contributed by atoms with Gasteiger partial charge in [-0.3, -0.25) is 0 Å². The summed E-state index contributed by atoms with van der Waals surface area (Å²) in [7, 11) is 0. The Morgan fingerprint density at radius 3 is 2.71 bits per heavy atom. The van der Waals surface area contributed by atoms with Crippen molar-refractivity contribution >= 4 is 23.2 Å². The van der Waals surface area contributed by atoms with Crippen LogP contribution in [0.3, 0.4) is 0 Å². The maximum atomic E-state index is 6.18. The van der Waals surface area contributed by atoms with Gasteiger partial charge in [-0.05, 0) is 43.0 Å². The largest absolute Gasteiger partial charge is 0.312 e. The second-order valence-corrected chi connectivity index (χ2v) is 5.26. The molecule has 0 saturated heterocycles. The van der Waals surface area contributed by atoms with Crippen LogP contribution in [0.5, 0.6) is 0 Å². The SMILES string of the molecule is CCC(CCCl)CNCc1ccc(C)cc1Cl. The second kappa shape index (κ2) is 7.97. The molecule has 1 N–H and O–H groups in total. The molecule has 3 heteroatoms. The Hall–Kier alpha value is -0.240. The first-order valence-electron chi connectivity index (χ1n) is 6.19. The Kier molecular flexibility index (Phi) is 6.94. The summed E-state index contributed by atoms with van der Waals surface area (Å²) in [5.74, 6) is 1.41. The fourth-order valence-electron chi connectivity index (χ4n) is 1.81. The zero-order valence-corrected chi connectivity index (χ0v) is 12.1. The second-order valence-electron chi connectivity index (χ2n) is 4.48. The van der Waals surface area contributed by atoms with Crippen molar-refractivity contribution < 1.29 is 0 Å². The fraction of sp³-hybridized carbons (Fsp3) is 0.571. The first-order chi connectivity index (χ1) is 8.17. The van der Waals surface area contributed by atoms with Gasteiger partial charge in [-0.15, -0.1) is 11.6 Å². The smallest absolute Gasteiger partial charge is 0.0453 e. The minimum atomic E-state index is 0.664. The summed E-state index contributed by atoms with van der Waals surface area (Å²) < 4.78 is 0. The van der Waals surface area contributed by atoms with E-state index in [1.807, 2.05) is 6.07 Å². The van der Waals surface area contributed by atoms with Gasteiger partial charge in [0.25, 0.3) is 0 Å². The van der Waals surface area contributed by atoms with Gasteiger partial charge >= 0.3 is 0 Å². The van der Waals surface area contributed by atoms with Crippen LogP contribution in [-0.2, 0) is 6.54 Å². The van der Waals surface area contributed by atoms with E-state index in [1.165, 1.54) is 12.0 Å². The summed E-state index contributed by atoms with van der Waals surface area (Å²) in [6.07, 6.45) is 2.24. The van der Waals surface area contributed by atoms with Crippen molar-refractivity contribution in [3.8, 4) is 0 Å². The molecular weight excluding hydrogens is 253 g/mol. The molecule has 0 fully saturated rings. The van der Waals surface area contributed by atoms with Gasteiger partial charge in [0.05, 0.1) is 0 Å². The standard InChI is InChI=1S/C14H21Cl2N/c1-3-12(6-7-15)9-17-10-13-5-4-11(2)8-14(13)16/h4-5,8,12,17H,3,6-7,9-10H2,1-2H3. The number of benzene rings is 1. The van der Waals surface area contributed by atoms with Gasteiger partial charge < -0.3 is 5.32 Å². The summed E-state index contributed by atoms with van der Waals surface area (Å²) >= 11 is 11.9. The van der Waals surface area contributed by atoms with Crippen molar-refractivity contribution in [3.05, 3.63) is 34.3 Å². The predicted octanol–water partition coefficient (Wildman–Crippen LogP) is 4.39. The highest BCUT2D eigenvalue weighted by Gasteiger charge is 2.06. The molecule has 0 saturated carbocycles. The van der Waals surface area contributed by atoms with Crippen LogP contribution in [0.25, 0.3) is 0 Å². The number of hydrogen-bond donors (Lipinski definition) is 1. The first kappa shape index (κ1) is 14.8. The number of hydrogen-bond acceptors (Lipinski definition) is 1. The molecule has 0 amide bonds. The van der Waals surface area contributed by atoms with Crippen LogP contribution in [-0.4, -0.2) is 12.4 Å². The third-order valence-electron chi connectivity index (χ3n) is 3.05. The number of rotatable bonds is 7. The van der Waals surface area contributed by atoms with Gasteiger partial charge in [0, 0.05) is 17.4 Å². The monoisotopic (exact) mass is 273 g/mol. The van der Waals surface area contributed by atoms with E-state index in [9.17, 15) is 0 Å². The van der Waals surface area contributed by atoms with Crippen molar-refractivity contribution in [2.75, 3.05) is 12.4 Å². The van der Waals surface area contributed by atoms with Gasteiger partial charge in [0.2, 0.25) is 0 Å². The molecule has 0 heterocycles. The predicted molar refractivity (Wildman–Crippen MR) is 77.0 cm³/mol. The Labute approximate surface area is 115 Å². The molecule has 1 aromatic carbocycles. The lowest BCUT2D eigenvalue weighted by molar-refractivity contribution is 0.451. The van der Waals surface area contributed by atoms with Gasteiger partial charge in [0.1, 0.15) is 0 Å². The molecule has 1 aromatic rings. The van der Waals surface area contributed by atoms with E-state index in [0.717, 1.165) is 36.0 Å². The number of nitrogens with one attached hydrogen (secondary N) is 1.